The maximum absolute atomic E-state index is 13.6. The highest BCUT2D eigenvalue weighted by Gasteiger charge is 2.40. The molecule has 0 radical (unpaired) electrons. The molecular formula is C31H46ClN3O7. The third-order valence-electron chi connectivity index (χ3n) is 7.55. The lowest BCUT2D eigenvalue weighted by Gasteiger charge is -2.35. The number of aliphatic hydroxyl groups excluding tert-OH is 1. The van der Waals surface area contributed by atoms with Gasteiger partial charge in [0, 0.05) is 31.4 Å². The van der Waals surface area contributed by atoms with Crippen molar-refractivity contribution in [2.24, 2.45) is 16.7 Å². The summed E-state index contributed by atoms with van der Waals surface area (Å²) in [6, 6.07) is 2.48. The maximum Gasteiger partial charge on any atom is 0.328 e. The van der Waals surface area contributed by atoms with E-state index >= 15 is 0 Å². The van der Waals surface area contributed by atoms with Crippen molar-refractivity contribution in [3.8, 4) is 5.75 Å². The number of methoxy groups -OCH3 is 1. The van der Waals surface area contributed by atoms with Crippen LogP contribution >= 0.6 is 11.6 Å². The summed E-state index contributed by atoms with van der Waals surface area (Å²) in [4.78, 5) is 53.3. The number of halogens is 1. The minimum absolute atomic E-state index is 0.129. The number of cyclic esters (lactones) is 1. The molecule has 0 aromatic heterocycles. The summed E-state index contributed by atoms with van der Waals surface area (Å²) >= 11 is 6.29. The van der Waals surface area contributed by atoms with Crippen molar-refractivity contribution in [2.75, 3.05) is 13.7 Å². The predicted molar refractivity (Wildman–Crippen MR) is 161 cm³/mol. The highest BCUT2D eigenvalue weighted by molar-refractivity contribution is 6.32. The average molecular weight is 608 g/mol. The third-order valence-corrected chi connectivity index (χ3v) is 7.85. The third kappa shape index (κ3) is 10.0. The van der Waals surface area contributed by atoms with E-state index in [1.807, 2.05) is 20.8 Å². The minimum atomic E-state index is -1.14. The van der Waals surface area contributed by atoms with Crippen molar-refractivity contribution >= 4 is 35.3 Å². The monoisotopic (exact) mass is 607 g/mol. The second-order valence-corrected chi connectivity index (χ2v) is 13.2. The molecule has 4 N–H and O–H groups in total. The number of carbonyl (C=O) groups excluding carboxylic acids is 4. The number of hydrogen-bond donors (Lipinski definition) is 4. The van der Waals surface area contributed by atoms with E-state index in [2.05, 4.69) is 16.0 Å². The Morgan fingerprint density at radius 1 is 1.12 bits per heavy atom. The molecule has 0 fully saturated rings. The Balaban J connectivity index is 2.48. The first kappa shape index (κ1) is 35.1. The molecule has 1 aromatic rings. The molecule has 1 aliphatic rings. The van der Waals surface area contributed by atoms with Gasteiger partial charge >= 0.3 is 5.97 Å². The Morgan fingerprint density at radius 2 is 1.79 bits per heavy atom. The number of carbonyl (C=O) groups is 4. The molecule has 11 heteroatoms. The Labute approximate surface area is 253 Å². The summed E-state index contributed by atoms with van der Waals surface area (Å²) in [5.74, 6) is -2.03. The van der Waals surface area contributed by atoms with Crippen molar-refractivity contribution in [2.45, 2.75) is 92.0 Å². The molecule has 0 bridgehead atoms. The minimum Gasteiger partial charge on any atom is -0.495 e. The molecular weight excluding hydrogens is 562 g/mol. The molecule has 5 atom stereocenters. The molecule has 2 rings (SSSR count). The topological polar surface area (TPSA) is 143 Å². The Morgan fingerprint density at radius 3 is 2.36 bits per heavy atom. The molecule has 0 saturated heterocycles. The van der Waals surface area contributed by atoms with Gasteiger partial charge in [-0.25, -0.2) is 4.79 Å². The van der Waals surface area contributed by atoms with Crippen molar-refractivity contribution in [1.29, 1.82) is 0 Å². The smallest absolute Gasteiger partial charge is 0.328 e. The van der Waals surface area contributed by atoms with E-state index in [0.717, 1.165) is 0 Å². The van der Waals surface area contributed by atoms with Gasteiger partial charge in [-0.05, 0) is 56.4 Å². The van der Waals surface area contributed by atoms with Gasteiger partial charge in [-0.2, -0.15) is 0 Å². The lowest BCUT2D eigenvalue weighted by molar-refractivity contribution is -0.157. The Bertz CT molecular complexity index is 1160. The first-order valence-electron chi connectivity index (χ1n) is 14.2. The van der Waals surface area contributed by atoms with Gasteiger partial charge in [0.25, 0.3) is 0 Å². The second kappa shape index (κ2) is 14.9. The van der Waals surface area contributed by atoms with Gasteiger partial charge < -0.3 is 30.5 Å². The van der Waals surface area contributed by atoms with Crippen LogP contribution in [-0.2, 0) is 30.3 Å². The van der Waals surface area contributed by atoms with Gasteiger partial charge in [0.1, 0.15) is 23.9 Å². The summed E-state index contributed by atoms with van der Waals surface area (Å²) in [6.07, 6.45) is 2.65. The van der Waals surface area contributed by atoms with Crippen LogP contribution in [0.25, 0.3) is 0 Å². The number of esters is 1. The van der Waals surface area contributed by atoms with E-state index < -0.39 is 59.3 Å². The first-order valence-corrected chi connectivity index (χ1v) is 14.6. The fourth-order valence-electron chi connectivity index (χ4n) is 4.40. The van der Waals surface area contributed by atoms with Crippen molar-refractivity contribution in [3.63, 3.8) is 0 Å². The Kier molecular flexibility index (Phi) is 12.4. The van der Waals surface area contributed by atoms with Crippen LogP contribution in [0.3, 0.4) is 0 Å². The fraction of sp³-hybridized carbons (Fsp3) is 0.613. The predicted octanol–water partition coefficient (Wildman–Crippen LogP) is 3.33. The zero-order valence-corrected chi connectivity index (χ0v) is 26.6. The molecule has 42 heavy (non-hydrogen) atoms. The van der Waals surface area contributed by atoms with Crippen LogP contribution < -0.4 is 20.7 Å². The van der Waals surface area contributed by atoms with Gasteiger partial charge in [-0.3, -0.25) is 14.4 Å². The molecule has 0 aliphatic carbocycles. The summed E-state index contributed by atoms with van der Waals surface area (Å²) in [5, 5.41) is 18.6. The number of nitrogens with one attached hydrogen (secondary N) is 3. The van der Waals surface area contributed by atoms with E-state index in [1.165, 1.54) is 19.3 Å². The summed E-state index contributed by atoms with van der Waals surface area (Å²) in [5.41, 5.74) is -0.771. The molecule has 0 saturated carbocycles. The zero-order chi connectivity index (χ0) is 31.8. The lowest BCUT2D eigenvalue weighted by atomic mass is 9.82. The van der Waals surface area contributed by atoms with Gasteiger partial charge in [-0.1, -0.05) is 51.4 Å². The van der Waals surface area contributed by atoms with Crippen LogP contribution in [0.5, 0.6) is 5.75 Å². The van der Waals surface area contributed by atoms with Crippen LogP contribution in [0.1, 0.15) is 66.9 Å². The molecule has 1 aliphatic heterocycles. The molecule has 10 nitrogen and oxygen atoms in total. The van der Waals surface area contributed by atoms with Gasteiger partial charge in [0.15, 0.2) is 0 Å². The van der Waals surface area contributed by atoms with E-state index in [4.69, 9.17) is 21.1 Å². The lowest BCUT2D eigenvalue weighted by Crippen LogP contribution is -2.58. The van der Waals surface area contributed by atoms with E-state index in [-0.39, 0.29) is 24.9 Å². The first-order chi connectivity index (χ1) is 19.5. The van der Waals surface area contributed by atoms with Crippen LogP contribution in [0.2, 0.25) is 5.02 Å². The molecule has 3 amide bonds. The standard InChI is InChI=1S/C31H46ClN3O7/c1-18(17-36)24-10-9-11-26(37)34-22(15-20-12-13-25(41-8)21(32)14-20)27(38)33-19(2)31(6,7)29(40)35-23(28(39)42-24)16-30(3,4)5/h9,11-14,18-19,22-24,36H,10,15-17H2,1-8H3,(H,33,38)(H,34,37)(H,35,40)/b11-9+/t18?,19-,22?,23-,24-/m0/s1. The number of hydrogen-bond acceptors (Lipinski definition) is 7. The largest absolute Gasteiger partial charge is 0.495 e. The van der Waals surface area contributed by atoms with Crippen molar-refractivity contribution in [1.82, 2.24) is 16.0 Å². The van der Waals surface area contributed by atoms with Crippen molar-refractivity contribution < 1.29 is 33.8 Å². The van der Waals surface area contributed by atoms with E-state index in [0.29, 0.717) is 22.8 Å². The van der Waals surface area contributed by atoms with Gasteiger partial charge in [-0.15, -0.1) is 0 Å². The van der Waals surface area contributed by atoms with Crippen molar-refractivity contribution in [3.05, 3.63) is 40.9 Å². The van der Waals surface area contributed by atoms with E-state index in [1.54, 1.807) is 45.9 Å². The number of ether oxygens (including phenoxy) is 2. The van der Waals surface area contributed by atoms with Gasteiger partial charge in [0.05, 0.1) is 17.5 Å². The molecule has 1 heterocycles. The number of amides is 3. The van der Waals surface area contributed by atoms with E-state index in [9.17, 15) is 24.3 Å². The van der Waals surface area contributed by atoms with Crippen LogP contribution in [0.4, 0.5) is 0 Å². The van der Waals surface area contributed by atoms with Crippen LogP contribution in [-0.4, -0.2) is 66.7 Å². The number of benzene rings is 1. The summed E-state index contributed by atoms with van der Waals surface area (Å²) in [6.45, 7) is 12.4. The average Bonchev–Trinajstić information content (AvgIpc) is 2.89. The second-order valence-electron chi connectivity index (χ2n) is 12.8. The quantitative estimate of drug-likeness (QED) is 0.363. The maximum atomic E-state index is 13.6. The highest BCUT2D eigenvalue weighted by atomic mass is 35.5. The van der Waals surface area contributed by atoms with Crippen LogP contribution in [0.15, 0.2) is 30.4 Å². The Hall–Kier alpha value is -3.11. The fourth-order valence-corrected chi connectivity index (χ4v) is 4.68. The summed E-state index contributed by atoms with van der Waals surface area (Å²) in [7, 11) is 1.50. The molecule has 234 valence electrons. The van der Waals surface area contributed by atoms with Gasteiger partial charge in [0.2, 0.25) is 17.7 Å². The highest BCUT2D eigenvalue weighted by Crippen LogP contribution is 2.27. The molecule has 0 spiro atoms. The van der Waals surface area contributed by atoms with Crippen LogP contribution in [0, 0.1) is 16.7 Å². The number of rotatable bonds is 6. The normalized spacial score (nSPS) is 25.9. The zero-order valence-electron chi connectivity index (χ0n) is 25.9. The molecule has 2 unspecified atom stereocenters. The molecule has 1 aromatic carbocycles. The number of aliphatic hydroxyl groups is 1. The SMILES string of the molecule is COc1ccc(CC2NC(=O)/C=C/C[C@@H](C(C)CO)OC(=O)[C@H](CC(C)(C)C)NC(=O)C(C)(C)[C@H](C)NC2=O)cc1Cl. The summed E-state index contributed by atoms with van der Waals surface area (Å²) < 4.78 is 11.0.